The molecule has 0 saturated carbocycles. The number of carbonyl (C=O) groups excluding carboxylic acids is 2. The Morgan fingerprint density at radius 2 is 2.00 bits per heavy atom. The molecule has 0 heterocycles. The van der Waals surface area contributed by atoms with E-state index in [-0.39, 0.29) is 6.54 Å². The third-order valence-corrected chi connectivity index (χ3v) is 2.45. The van der Waals surface area contributed by atoms with Crippen LogP contribution in [0.5, 0.6) is 0 Å². The van der Waals surface area contributed by atoms with Crippen LogP contribution in [0.2, 0.25) is 0 Å². The van der Waals surface area contributed by atoms with E-state index in [0.29, 0.717) is 6.08 Å². The van der Waals surface area contributed by atoms with Crippen molar-refractivity contribution >= 4 is 33.8 Å². The quantitative estimate of drug-likeness (QED) is 0.729. The maximum atomic E-state index is 11.3. The Morgan fingerprint density at radius 3 is 2.63 bits per heavy atom. The van der Waals surface area contributed by atoms with Crippen LogP contribution in [-0.2, 0) is 16.1 Å². The molecule has 3 amide bonds. The molecule has 1 aromatic carbocycles. The molecular weight excluding hydrogens is 316 g/mol. The Bertz CT molecular complexity index is 528. The Labute approximate surface area is 117 Å². The van der Waals surface area contributed by atoms with Crippen molar-refractivity contribution in [1.82, 2.24) is 10.6 Å². The van der Waals surface area contributed by atoms with Gasteiger partial charge in [0.2, 0.25) is 0 Å². The van der Waals surface area contributed by atoms with Gasteiger partial charge in [0, 0.05) is 23.2 Å². The summed E-state index contributed by atoms with van der Waals surface area (Å²) in [5.74, 6) is -2.06. The number of benzene rings is 1. The Balaban J connectivity index is 2.40. The van der Waals surface area contributed by atoms with Gasteiger partial charge in [-0.05, 0) is 17.7 Å². The number of carboxylic acids is 1. The molecule has 100 valence electrons. The molecule has 0 radical (unpaired) electrons. The molecular formula is C12H11BrN2O4. The summed E-state index contributed by atoms with van der Waals surface area (Å²) in [5, 5.41) is 12.7. The lowest BCUT2D eigenvalue weighted by molar-refractivity contribution is -0.131. The summed E-state index contributed by atoms with van der Waals surface area (Å²) < 4.78 is 0.882. The summed E-state index contributed by atoms with van der Waals surface area (Å²) in [4.78, 5) is 32.6. The lowest BCUT2D eigenvalue weighted by Crippen LogP contribution is -2.38. The lowest BCUT2D eigenvalue weighted by Gasteiger charge is -2.05. The van der Waals surface area contributed by atoms with E-state index in [1.807, 2.05) is 29.6 Å². The molecule has 19 heavy (non-hydrogen) atoms. The van der Waals surface area contributed by atoms with E-state index in [9.17, 15) is 14.4 Å². The highest BCUT2D eigenvalue weighted by Crippen LogP contribution is 2.11. The van der Waals surface area contributed by atoms with Crippen LogP contribution in [0, 0.1) is 0 Å². The first kappa shape index (κ1) is 14.9. The summed E-state index contributed by atoms with van der Waals surface area (Å²) in [6.45, 7) is 0.251. The van der Waals surface area contributed by atoms with Crippen LogP contribution in [0.1, 0.15) is 5.56 Å². The second-order valence-electron chi connectivity index (χ2n) is 3.47. The number of rotatable bonds is 4. The van der Waals surface area contributed by atoms with Crippen molar-refractivity contribution in [3.63, 3.8) is 0 Å². The van der Waals surface area contributed by atoms with Crippen LogP contribution in [0.4, 0.5) is 4.79 Å². The molecule has 1 rings (SSSR count). The van der Waals surface area contributed by atoms with Gasteiger partial charge in [-0.15, -0.1) is 0 Å². The monoisotopic (exact) mass is 326 g/mol. The largest absolute Gasteiger partial charge is 0.478 e. The third-order valence-electron chi connectivity index (χ3n) is 1.96. The van der Waals surface area contributed by atoms with Gasteiger partial charge in [-0.3, -0.25) is 10.1 Å². The maximum absolute atomic E-state index is 11.3. The van der Waals surface area contributed by atoms with Crippen molar-refractivity contribution in [2.24, 2.45) is 0 Å². The highest BCUT2D eigenvalue weighted by molar-refractivity contribution is 9.10. The summed E-state index contributed by atoms with van der Waals surface area (Å²) in [7, 11) is 0. The maximum Gasteiger partial charge on any atom is 0.328 e. The van der Waals surface area contributed by atoms with Gasteiger partial charge >= 0.3 is 12.0 Å². The van der Waals surface area contributed by atoms with Crippen LogP contribution in [0.25, 0.3) is 0 Å². The van der Waals surface area contributed by atoms with Gasteiger partial charge in [0.15, 0.2) is 0 Å². The molecule has 0 saturated heterocycles. The molecule has 0 unspecified atom stereocenters. The van der Waals surface area contributed by atoms with E-state index in [1.54, 1.807) is 0 Å². The SMILES string of the molecule is O=C(O)/C=C/C(=O)NC(=O)NCc1cccc(Br)c1. The van der Waals surface area contributed by atoms with Crippen LogP contribution in [0.15, 0.2) is 40.9 Å². The van der Waals surface area contributed by atoms with Gasteiger partial charge in [0.25, 0.3) is 5.91 Å². The number of carboxylic acid groups (broad SMARTS) is 1. The summed E-state index contributed by atoms with van der Waals surface area (Å²) in [6.07, 6.45) is 1.41. The van der Waals surface area contributed by atoms with E-state index in [2.05, 4.69) is 21.2 Å². The second-order valence-corrected chi connectivity index (χ2v) is 4.39. The van der Waals surface area contributed by atoms with Crippen molar-refractivity contribution < 1.29 is 19.5 Å². The molecule has 3 N–H and O–H groups in total. The van der Waals surface area contributed by atoms with E-state index in [0.717, 1.165) is 16.1 Å². The minimum absolute atomic E-state index is 0.251. The highest BCUT2D eigenvalue weighted by atomic mass is 79.9. The fourth-order valence-electron chi connectivity index (χ4n) is 1.17. The number of urea groups is 1. The zero-order valence-electron chi connectivity index (χ0n) is 9.72. The molecule has 0 aliphatic carbocycles. The number of imide groups is 1. The van der Waals surface area contributed by atoms with Crippen molar-refractivity contribution in [3.05, 3.63) is 46.5 Å². The van der Waals surface area contributed by atoms with Gasteiger partial charge < -0.3 is 10.4 Å². The molecule has 0 bridgehead atoms. The van der Waals surface area contributed by atoms with Gasteiger partial charge in [-0.25, -0.2) is 9.59 Å². The van der Waals surface area contributed by atoms with E-state index in [1.165, 1.54) is 0 Å². The van der Waals surface area contributed by atoms with Crippen molar-refractivity contribution in [1.29, 1.82) is 0 Å². The first-order chi connectivity index (χ1) is 8.97. The molecule has 6 nitrogen and oxygen atoms in total. The minimum Gasteiger partial charge on any atom is -0.478 e. The topological polar surface area (TPSA) is 95.5 Å². The van der Waals surface area contributed by atoms with Crippen LogP contribution >= 0.6 is 15.9 Å². The van der Waals surface area contributed by atoms with Gasteiger partial charge in [0.05, 0.1) is 0 Å². The smallest absolute Gasteiger partial charge is 0.328 e. The van der Waals surface area contributed by atoms with Gasteiger partial charge in [0.1, 0.15) is 0 Å². The number of hydrogen-bond acceptors (Lipinski definition) is 3. The predicted molar refractivity (Wildman–Crippen MR) is 71.3 cm³/mol. The molecule has 0 spiro atoms. The summed E-state index contributed by atoms with van der Waals surface area (Å²) >= 11 is 3.30. The van der Waals surface area contributed by atoms with Crippen LogP contribution in [-0.4, -0.2) is 23.0 Å². The van der Waals surface area contributed by atoms with Crippen LogP contribution in [0.3, 0.4) is 0 Å². The summed E-state index contributed by atoms with van der Waals surface area (Å²) in [5.41, 5.74) is 0.859. The second kappa shape index (κ2) is 7.32. The number of hydrogen-bond donors (Lipinski definition) is 3. The molecule has 0 fully saturated rings. The lowest BCUT2D eigenvalue weighted by atomic mass is 10.2. The number of nitrogens with one attached hydrogen (secondary N) is 2. The van der Waals surface area contributed by atoms with Gasteiger partial charge in [-0.1, -0.05) is 28.1 Å². The predicted octanol–water partition coefficient (Wildman–Crippen LogP) is 1.42. The Kier molecular flexibility index (Phi) is 5.74. The molecule has 1 aromatic rings. The first-order valence-electron chi connectivity index (χ1n) is 5.21. The van der Waals surface area contributed by atoms with Crippen molar-refractivity contribution in [2.45, 2.75) is 6.54 Å². The Morgan fingerprint density at radius 1 is 1.26 bits per heavy atom. The summed E-state index contributed by atoms with van der Waals surface area (Å²) in [6, 6.07) is 6.62. The van der Waals surface area contributed by atoms with Crippen LogP contribution < -0.4 is 10.6 Å². The van der Waals surface area contributed by atoms with Crippen molar-refractivity contribution in [2.75, 3.05) is 0 Å². The number of amides is 3. The third kappa shape index (κ3) is 6.37. The zero-order chi connectivity index (χ0) is 14.3. The van der Waals surface area contributed by atoms with Gasteiger partial charge in [-0.2, -0.15) is 0 Å². The normalized spacial score (nSPS) is 10.2. The standard InChI is InChI=1S/C12H11BrN2O4/c13-9-3-1-2-8(6-9)7-14-12(19)15-10(16)4-5-11(17)18/h1-6H,7H2,(H,17,18)(H2,14,15,16,19)/b5-4+. The van der Waals surface area contributed by atoms with Crippen molar-refractivity contribution in [3.8, 4) is 0 Å². The number of aliphatic carboxylic acids is 1. The van der Waals surface area contributed by atoms with E-state index < -0.39 is 17.9 Å². The fraction of sp³-hybridized carbons (Fsp3) is 0.0833. The molecule has 0 aromatic heterocycles. The Hall–Kier alpha value is -2.15. The zero-order valence-corrected chi connectivity index (χ0v) is 11.3. The fourth-order valence-corrected chi connectivity index (χ4v) is 1.62. The highest BCUT2D eigenvalue weighted by Gasteiger charge is 2.04. The molecule has 0 aliphatic rings. The van der Waals surface area contributed by atoms with E-state index in [4.69, 9.17) is 5.11 Å². The number of halogens is 1. The average molecular weight is 327 g/mol. The molecule has 0 aliphatic heterocycles. The average Bonchev–Trinajstić information content (AvgIpc) is 2.34. The molecule has 0 atom stereocenters. The first-order valence-corrected chi connectivity index (χ1v) is 6.01. The van der Waals surface area contributed by atoms with E-state index >= 15 is 0 Å². The molecule has 7 heteroatoms. The minimum atomic E-state index is -1.26. The number of carbonyl (C=O) groups is 3.